The molecular weight excluding hydrogens is 296 g/mol. The Balaban J connectivity index is 1.69. The van der Waals surface area contributed by atoms with E-state index in [1.165, 1.54) is 6.92 Å². The SMILES string of the molecule is Cc1ccc2c(c1)NC(=O)C(C)(C(=O)NCCn1ccnc1)O2. The second kappa shape index (κ2) is 5.75. The zero-order chi connectivity index (χ0) is 16.4. The maximum atomic E-state index is 12.4. The number of carbonyl (C=O) groups is 2. The summed E-state index contributed by atoms with van der Waals surface area (Å²) >= 11 is 0. The van der Waals surface area contributed by atoms with Crippen molar-refractivity contribution in [1.29, 1.82) is 0 Å². The lowest BCUT2D eigenvalue weighted by Crippen LogP contribution is -2.59. The van der Waals surface area contributed by atoms with Crippen molar-refractivity contribution in [3.63, 3.8) is 0 Å². The number of carbonyl (C=O) groups excluding carboxylic acids is 2. The fourth-order valence-electron chi connectivity index (χ4n) is 2.37. The zero-order valence-corrected chi connectivity index (χ0v) is 13.0. The second-order valence-electron chi connectivity index (χ2n) is 5.65. The number of aryl methyl sites for hydroxylation is 1. The molecule has 1 aromatic carbocycles. The number of aromatic nitrogens is 2. The van der Waals surface area contributed by atoms with Crippen molar-refractivity contribution >= 4 is 17.5 Å². The first-order chi connectivity index (χ1) is 11.0. The van der Waals surface area contributed by atoms with E-state index in [-0.39, 0.29) is 0 Å². The average Bonchev–Trinajstić information content (AvgIpc) is 3.02. The molecule has 2 aromatic rings. The lowest BCUT2D eigenvalue weighted by molar-refractivity contribution is -0.146. The van der Waals surface area contributed by atoms with Gasteiger partial charge in [0.05, 0.1) is 12.0 Å². The van der Waals surface area contributed by atoms with Gasteiger partial charge in [-0.15, -0.1) is 0 Å². The molecule has 7 heteroatoms. The van der Waals surface area contributed by atoms with E-state index in [0.717, 1.165) is 5.56 Å². The molecule has 2 amide bonds. The van der Waals surface area contributed by atoms with E-state index in [1.54, 1.807) is 24.8 Å². The summed E-state index contributed by atoms with van der Waals surface area (Å²) in [5.41, 5.74) is -0.00303. The van der Waals surface area contributed by atoms with Gasteiger partial charge in [-0.25, -0.2) is 4.98 Å². The minimum absolute atomic E-state index is 0.377. The second-order valence-corrected chi connectivity index (χ2v) is 5.65. The highest BCUT2D eigenvalue weighted by Crippen LogP contribution is 2.34. The van der Waals surface area contributed by atoms with Gasteiger partial charge in [-0.2, -0.15) is 0 Å². The summed E-state index contributed by atoms with van der Waals surface area (Å²) in [5, 5.41) is 5.47. The van der Waals surface area contributed by atoms with Gasteiger partial charge in [0, 0.05) is 25.5 Å². The Labute approximate surface area is 133 Å². The number of benzene rings is 1. The molecule has 1 unspecified atom stereocenters. The molecule has 1 aromatic heterocycles. The molecule has 1 aliphatic rings. The number of imidazole rings is 1. The summed E-state index contributed by atoms with van der Waals surface area (Å²) in [5.74, 6) is -0.459. The number of hydrogen-bond acceptors (Lipinski definition) is 4. The molecular formula is C16H18N4O3. The highest BCUT2D eigenvalue weighted by molar-refractivity contribution is 6.15. The monoisotopic (exact) mass is 314 g/mol. The maximum absolute atomic E-state index is 12.4. The van der Waals surface area contributed by atoms with E-state index < -0.39 is 17.4 Å². The number of hydrogen-bond donors (Lipinski definition) is 2. The number of anilines is 1. The van der Waals surface area contributed by atoms with Crippen molar-refractivity contribution in [2.24, 2.45) is 0 Å². The topological polar surface area (TPSA) is 85.3 Å². The summed E-state index contributed by atoms with van der Waals surface area (Å²) in [6, 6.07) is 5.43. The summed E-state index contributed by atoms with van der Waals surface area (Å²) in [6.07, 6.45) is 5.13. The van der Waals surface area contributed by atoms with Gasteiger partial charge in [-0.05, 0) is 31.5 Å². The summed E-state index contributed by atoms with van der Waals surface area (Å²) in [6.45, 7) is 4.34. The van der Waals surface area contributed by atoms with E-state index in [4.69, 9.17) is 4.74 Å². The molecule has 7 nitrogen and oxygen atoms in total. The minimum atomic E-state index is -1.59. The van der Waals surface area contributed by atoms with Gasteiger partial charge in [0.1, 0.15) is 5.75 Å². The van der Waals surface area contributed by atoms with Crippen LogP contribution in [0.3, 0.4) is 0 Å². The molecule has 0 radical (unpaired) electrons. The molecule has 2 heterocycles. The maximum Gasteiger partial charge on any atom is 0.278 e. The van der Waals surface area contributed by atoms with Crippen molar-refractivity contribution < 1.29 is 14.3 Å². The van der Waals surface area contributed by atoms with Crippen LogP contribution < -0.4 is 15.4 Å². The molecule has 0 saturated heterocycles. The Kier molecular flexibility index (Phi) is 3.77. The standard InChI is InChI=1S/C16H18N4O3/c1-11-3-4-13-12(9-11)19-15(22)16(2,23-13)14(21)18-6-8-20-7-5-17-10-20/h3-5,7,9-10H,6,8H2,1-2H3,(H,18,21)(H,19,22). The largest absolute Gasteiger partial charge is 0.466 e. The van der Waals surface area contributed by atoms with Gasteiger partial charge in [0.25, 0.3) is 17.4 Å². The van der Waals surface area contributed by atoms with Crippen LogP contribution in [-0.2, 0) is 16.1 Å². The molecule has 1 aliphatic heterocycles. The van der Waals surface area contributed by atoms with Crippen LogP contribution in [0.5, 0.6) is 5.75 Å². The van der Waals surface area contributed by atoms with Gasteiger partial charge >= 0.3 is 0 Å². The smallest absolute Gasteiger partial charge is 0.278 e. The van der Waals surface area contributed by atoms with Gasteiger partial charge in [-0.3, -0.25) is 9.59 Å². The number of nitrogens with zero attached hydrogens (tertiary/aromatic N) is 2. The third kappa shape index (κ3) is 2.90. The molecule has 0 saturated carbocycles. The molecule has 3 rings (SSSR count). The summed E-state index contributed by atoms with van der Waals surface area (Å²) in [4.78, 5) is 28.7. The molecule has 0 spiro atoms. The fourth-order valence-corrected chi connectivity index (χ4v) is 2.37. The zero-order valence-electron chi connectivity index (χ0n) is 13.0. The summed E-state index contributed by atoms with van der Waals surface area (Å²) < 4.78 is 7.53. The van der Waals surface area contributed by atoms with Gasteiger partial charge in [0.15, 0.2) is 0 Å². The summed E-state index contributed by atoms with van der Waals surface area (Å²) in [7, 11) is 0. The molecule has 1 atom stereocenters. The van der Waals surface area contributed by atoms with Crippen molar-refractivity contribution in [2.75, 3.05) is 11.9 Å². The number of fused-ring (bicyclic) bond motifs is 1. The van der Waals surface area contributed by atoms with Crippen LogP contribution in [0.1, 0.15) is 12.5 Å². The number of amides is 2. The van der Waals surface area contributed by atoms with Crippen LogP contribution in [0, 0.1) is 6.92 Å². The predicted octanol–water partition coefficient (Wildman–Crippen LogP) is 1.10. The van der Waals surface area contributed by atoms with Crippen molar-refractivity contribution in [1.82, 2.24) is 14.9 Å². The van der Waals surface area contributed by atoms with Crippen molar-refractivity contribution in [3.8, 4) is 5.75 Å². The van der Waals surface area contributed by atoms with Crippen LogP contribution >= 0.6 is 0 Å². The molecule has 0 fully saturated rings. The quantitative estimate of drug-likeness (QED) is 0.828. The first kappa shape index (κ1) is 15.1. The Morgan fingerprint density at radius 3 is 3.04 bits per heavy atom. The highest BCUT2D eigenvalue weighted by Gasteiger charge is 2.47. The fraction of sp³-hybridized carbons (Fsp3) is 0.312. The Morgan fingerprint density at radius 2 is 2.30 bits per heavy atom. The number of rotatable bonds is 4. The van der Waals surface area contributed by atoms with Crippen molar-refractivity contribution in [2.45, 2.75) is 26.0 Å². The Hall–Kier alpha value is -2.83. The van der Waals surface area contributed by atoms with Gasteiger partial charge in [-0.1, -0.05) is 6.07 Å². The van der Waals surface area contributed by atoms with E-state index in [1.807, 2.05) is 23.6 Å². The highest BCUT2D eigenvalue weighted by atomic mass is 16.5. The van der Waals surface area contributed by atoms with Crippen LogP contribution in [0.25, 0.3) is 0 Å². The van der Waals surface area contributed by atoms with E-state index in [0.29, 0.717) is 24.5 Å². The Bertz CT molecular complexity index is 742. The first-order valence-corrected chi connectivity index (χ1v) is 7.34. The molecule has 120 valence electrons. The number of ether oxygens (including phenoxy) is 1. The van der Waals surface area contributed by atoms with Crippen LogP contribution in [0.4, 0.5) is 5.69 Å². The van der Waals surface area contributed by atoms with E-state index >= 15 is 0 Å². The predicted molar refractivity (Wildman–Crippen MR) is 84.1 cm³/mol. The molecule has 23 heavy (non-hydrogen) atoms. The van der Waals surface area contributed by atoms with Crippen molar-refractivity contribution in [3.05, 3.63) is 42.5 Å². The van der Waals surface area contributed by atoms with Crippen LogP contribution in [0.15, 0.2) is 36.9 Å². The molecule has 0 aliphatic carbocycles. The number of nitrogens with one attached hydrogen (secondary N) is 2. The van der Waals surface area contributed by atoms with Crippen LogP contribution in [-0.4, -0.2) is 33.5 Å². The molecule has 2 N–H and O–H groups in total. The molecule has 0 bridgehead atoms. The van der Waals surface area contributed by atoms with Gasteiger partial charge in [0.2, 0.25) is 0 Å². The lowest BCUT2D eigenvalue weighted by Gasteiger charge is -2.33. The third-order valence-corrected chi connectivity index (χ3v) is 3.78. The average molecular weight is 314 g/mol. The van der Waals surface area contributed by atoms with Crippen LogP contribution in [0.2, 0.25) is 0 Å². The van der Waals surface area contributed by atoms with E-state index in [2.05, 4.69) is 15.6 Å². The Morgan fingerprint density at radius 1 is 1.48 bits per heavy atom. The lowest BCUT2D eigenvalue weighted by atomic mass is 10.0. The minimum Gasteiger partial charge on any atom is -0.466 e. The van der Waals surface area contributed by atoms with E-state index in [9.17, 15) is 9.59 Å². The normalized spacial score (nSPS) is 19.5. The van der Waals surface area contributed by atoms with Gasteiger partial charge < -0.3 is 19.9 Å². The third-order valence-electron chi connectivity index (χ3n) is 3.78. The first-order valence-electron chi connectivity index (χ1n) is 7.34.